The van der Waals surface area contributed by atoms with Gasteiger partial charge in [-0.25, -0.2) is 4.98 Å². The van der Waals surface area contributed by atoms with Gasteiger partial charge in [0.25, 0.3) is 5.56 Å². The van der Waals surface area contributed by atoms with Crippen LogP contribution in [0.4, 0.5) is 0 Å². The molecule has 0 aliphatic heterocycles. The van der Waals surface area contributed by atoms with Crippen molar-refractivity contribution < 1.29 is 9.53 Å². The molecule has 0 aliphatic carbocycles. The highest BCUT2D eigenvalue weighted by molar-refractivity contribution is 5.77. The first-order valence-electron chi connectivity index (χ1n) is 7.44. The number of fused-ring (bicyclic) bond motifs is 1. The monoisotopic (exact) mass is 302 g/mol. The molecule has 1 aromatic carbocycles. The molecule has 5 nitrogen and oxygen atoms in total. The Morgan fingerprint density at radius 3 is 2.64 bits per heavy atom. The Bertz CT molecular complexity index is 742. The average Bonchev–Trinajstić information content (AvgIpc) is 2.45. The lowest BCUT2D eigenvalue weighted by Gasteiger charge is -2.17. The van der Waals surface area contributed by atoms with E-state index in [0.717, 1.165) is 0 Å². The summed E-state index contributed by atoms with van der Waals surface area (Å²) in [6.45, 7) is 8.05. The van der Waals surface area contributed by atoms with Gasteiger partial charge >= 0.3 is 5.97 Å². The number of rotatable bonds is 4. The van der Waals surface area contributed by atoms with Crippen LogP contribution in [0.15, 0.2) is 29.1 Å². The van der Waals surface area contributed by atoms with Crippen LogP contribution in [0.2, 0.25) is 0 Å². The normalized spacial score (nSPS) is 11.6. The van der Waals surface area contributed by atoms with Crippen LogP contribution in [-0.2, 0) is 16.1 Å². The molecule has 0 unspecified atom stereocenters. The molecule has 0 amide bonds. The average molecular weight is 302 g/mol. The molecule has 2 rings (SSSR count). The maximum absolute atomic E-state index is 12.5. The molecule has 0 aliphatic rings. The molecule has 2 aromatic rings. The zero-order valence-corrected chi connectivity index (χ0v) is 13.5. The van der Waals surface area contributed by atoms with Gasteiger partial charge in [0.1, 0.15) is 5.82 Å². The molecule has 118 valence electrons. The Labute approximate surface area is 129 Å². The van der Waals surface area contributed by atoms with E-state index in [1.807, 2.05) is 45.9 Å². The number of aryl methyl sites for hydroxylation is 1. The zero-order chi connectivity index (χ0) is 16.3. The van der Waals surface area contributed by atoms with E-state index in [-0.39, 0.29) is 11.5 Å². The fourth-order valence-electron chi connectivity index (χ4n) is 2.15. The van der Waals surface area contributed by atoms with Gasteiger partial charge < -0.3 is 4.74 Å². The highest BCUT2D eigenvalue weighted by Gasteiger charge is 2.22. The first kappa shape index (κ1) is 16.2. The minimum atomic E-state index is -0.503. The summed E-state index contributed by atoms with van der Waals surface area (Å²) in [5.74, 6) is 0.444. The van der Waals surface area contributed by atoms with Crippen LogP contribution < -0.4 is 5.56 Å². The molecule has 0 atom stereocenters. The summed E-state index contributed by atoms with van der Waals surface area (Å²) in [5, 5.41) is 0.611. The van der Waals surface area contributed by atoms with Gasteiger partial charge in [-0.3, -0.25) is 14.2 Å². The molecule has 0 fully saturated rings. The third-order valence-corrected chi connectivity index (χ3v) is 3.42. The van der Waals surface area contributed by atoms with Crippen molar-refractivity contribution in [3.8, 4) is 0 Å². The fourth-order valence-corrected chi connectivity index (χ4v) is 2.15. The number of ether oxygens (including phenoxy) is 1. The van der Waals surface area contributed by atoms with Gasteiger partial charge in [0.2, 0.25) is 0 Å². The highest BCUT2D eigenvalue weighted by atomic mass is 16.5. The highest BCUT2D eigenvalue weighted by Crippen LogP contribution is 2.15. The first-order chi connectivity index (χ1) is 10.3. The molecule has 0 saturated heterocycles. The summed E-state index contributed by atoms with van der Waals surface area (Å²) in [7, 11) is 0. The van der Waals surface area contributed by atoms with E-state index in [0.29, 0.717) is 36.3 Å². The third kappa shape index (κ3) is 3.53. The number of para-hydroxylation sites is 1. The summed E-state index contributed by atoms with van der Waals surface area (Å²) in [5.41, 5.74) is 0.155. The number of hydrogen-bond acceptors (Lipinski definition) is 4. The van der Waals surface area contributed by atoms with Crippen LogP contribution in [-0.4, -0.2) is 22.1 Å². The number of carbonyl (C=O) groups excluding carboxylic acids is 1. The predicted molar refractivity (Wildman–Crippen MR) is 85.8 cm³/mol. The van der Waals surface area contributed by atoms with Crippen molar-refractivity contribution in [3.05, 3.63) is 40.4 Å². The van der Waals surface area contributed by atoms with E-state index in [1.165, 1.54) is 0 Å². The van der Waals surface area contributed by atoms with E-state index < -0.39 is 5.41 Å². The van der Waals surface area contributed by atoms with Crippen molar-refractivity contribution in [1.29, 1.82) is 0 Å². The molecule has 0 radical (unpaired) electrons. The zero-order valence-electron chi connectivity index (χ0n) is 13.5. The summed E-state index contributed by atoms with van der Waals surface area (Å²) in [6.07, 6.45) is 0.586. The molecule has 22 heavy (non-hydrogen) atoms. The lowest BCUT2D eigenvalue weighted by atomic mass is 9.97. The van der Waals surface area contributed by atoms with Crippen molar-refractivity contribution >= 4 is 16.9 Å². The van der Waals surface area contributed by atoms with Crippen molar-refractivity contribution in [2.45, 2.75) is 40.7 Å². The van der Waals surface area contributed by atoms with E-state index in [2.05, 4.69) is 4.98 Å². The fraction of sp³-hybridized carbons (Fsp3) is 0.471. The maximum atomic E-state index is 12.5. The molecular formula is C17H22N2O3. The third-order valence-electron chi connectivity index (χ3n) is 3.42. The number of hydrogen-bond donors (Lipinski definition) is 0. The molecule has 1 heterocycles. The van der Waals surface area contributed by atoms with Crippen LogP contribution in [0.25, 0.3) is 10.9 Å². The number of carbonyl (C=O) groups is 1. The molecule has 5 heteroatoms. The molecule has 1 aromatic heterocycles. The van der Waals surface area contributed by atoms with Crippen molar-refractivity contribution in [2.75, 3.05) is 6.61 Å². The van der Waals surface area contributed by atoms with Gasteiger partial charge in [0.15, 0.2) is 0 Å². The lowest BCUT2D eigenvalue weighted by molar-refractivity contribution is -0.153. The lowest BCUT2D eigenvalue weighted by Crippen LogP contribution is -2.26. The SMILES string of the molecule is Cc1nc2ccccc2c(=O)n1CCCOC(=O)C(C)(C)C. The van der Waals surface area contributed by atoms with Gasteiger partial charge in [0, 0.05) is 6.54 Å². The van der Waals surface area contributed by atoms with Crippen LogP contribution in [0, 0.1) is 12.3 Å². The largest absolute Gasteiger partial charge is 0.465 e. The van der Waals surface area contributed by atoms with Crippen LogP contribution in [0.3, 0.4) is 0 Å². The number of aromatic nitrogens is 2. The van der Waals surface area contributed by atoms with E-state index in [1.54, 1.807) is 10.6 Å². The van der Waals surface area contributed by atoms with E-state index >= 15 is 0 Å². The molecular weight excluding hydrogens is 280 g/mol. The Balaban J connectivity index is 2.06. The summed E-state index contributed by atoms with van der Waals surface area (Å²) >= 11 is 0. The number of nitrogens with zero attached hydrogens (tertiary/aromatic N) is 2. The summed E-state index contributed by atoms with van der Waals surface area (Å²) in [6, 6.07) is 7.31. The van der Waals surface area contributed by atoms with Gasteiger partial charge in [-0.15, -0.1) is 0 Å². The maximum Gasteiger partial charge on any atom is 0.311 e. The molecule has 0 spiro atoms. The number of benzene rings is 1. The molecule has 0 N–H and O–H groups in total. The standard InChI is InChI=1S/C17H22N2O3/c1-12-18-14-9-6-5-8-13(14)15(20)19(12)10-7-11-22-16(21)17(2,3)4/h5-6,8-9H,7,10-11H2,1-4H3. The van der Waals surface area contributed by atoms with Crippen LogP contribution in [0.5, 0.6) is 0 Å². The van der Waals surface area contributed by atoms with Crippen molar-refractivity contribution in [2.24, 2.45) is 5.41 Å². The van der Waals surface area contributed by atoms with Crippen molar-refractivity contribution in [3.63, 3.8) is 0 Å². The predicted octanol–water partition coefficient (Wildman–Crippen LogP) is 2.68. The van der Waals surface area contributed by atoms with E-state index in [9.17, 15) is 9.59 Å². The molecule has 0 bridgehead atoms. The van der Waals surface area contributed by atoms with Crippen LogP contribution >= 0.6 is 0 Å². The second kappa shape index (κ2) is 6.30. The first-order valence-corrected chi connectivity index (χ1v) is 7.44. The topological polar surface area (TPSA) is 61.2 Å². The van der Waals surface area contributed by atoms with Crippen LogP contribution in [0.1, 0.15) is 33.0 Å². The van der Waals surface area contributed by atoms with Crippen molar-refractivity contribution in [1.82, 2.24) is 9.55 Å². The summed E-state index contributed by atoms with van der Waals surface area (Å²) < 4.78 is 6.85. The van der Waals surface area contributed by atoms with Gasteiger partial charge in [-0.2, -0.15) is 0 Å². The Morgan fingerprint density at radius 1 is 1.27 bits per heavy atom. The Hall–Kier alpha value is -2.17. The smallest absolute Gasteiger partial charge is 0.311 e. The minimum Gasteiger partial charge on any atom is -0.465 e. The van der Waals surface area contributed by atoms with Gasteiger partial charge in [0.05, 0.1) is 22.9 Å². The minimum absolute atomic E-state index is 0.0507. The van der Waals surface area contributed by atoms with Gasteiger partial charge in [-0.1, -0.05) is 12.1 Å². The quantitative estimate of drug-likeness (QED) is 0.643. The second-order valence-corrected chi connectivity index (χ2v) is 6.37. The Morgan fingerprint density at radius 2 is 1.95 bits per heavy atom. The number of esters is 1. The Kier molecular flexibility index (Phi) is 4.64. The second-order valence-electron chi connectivity index (χ2n) is 6.37. The molecule has 0 saturated carbocycles. The van der Waals surface area contributed by atoms with Gasteiger partial charge in [-0.05, 0) is 46.2 Å². The summed E-state index contributed by atoms with van der Waals surface area (Å²) in [4.78, 5) is 28.6. The van der Waals surface area contributed by atoms with E-state index in [4.69, 9.17) is 4.74 Å².